The quantitative estimate of drug-likeness (QED) is 0.492. The number of nitrogens with one attached hydrogen (secondary N) is 2. The van der Waals surface area contributed by atoms with E-state index in [0.29, 0.717) is 30.5 Å². The Kier molecular flexibility index (Phi) is 6.02. The molecule has 0 atom stereocenters. The highest BCUT2D eigenvalue weighted by Gasteiger charge is 2.25. The van der Waals surface area contributed by atoms with E-state index >= 15 is 0 Å². The second kappa shape index (κ2) is 8.89. The molecule has 9 heteroatoms. The van der Waals surface area contributed by atoms with Crippen LogP contribution in [0.3, 0.4) is 0 Å². The molecule has 3 N–H and O–H groups in total. The molecule has 166 valence electrons. The van der Waals surface area contributed by atoms with Crippen LogP contribution in [-0.4, -0.2) is 54.9 Å². The summed E-state index contributed by atoms with van der Waals surface area (Å²) < 4.78 is 1.77. The number of aromatic nitrogens is 4. The van der Waals surface area contributed by atoms with Crippen molar-refractivity contribution in [2.24, 2.45) is 0 Å². The fraction of sp³-hybridized carbons (Fsp3) is 0.304. The van der Waals surface area contributed by atoms with Gasteiger partial charge in [-0.2, -0.15) is 10.1 Å². The van der Waals surface area contributed by atoms with Crippen LogP contribution in [-0.2, 0) is 11.3 Å². The minimum absolute atomic E-state index is 0.227. The molecule has 9 nitrogen and oxygen atoms in total. The molecule has 1 saturated heterocycles. The zero-order valence-electron chi connectivity index (χ0n) is 18.5. The fourth-order valence-electron chi connectivity index (χ4n) is 3.65. The average Bonchev–Trinajstić information content (AvgIpc) is 3.08. The molecule has 0 unspecified atom stereocenters. The van der Waals surface area contributed by atoms with Gasteiger partial charge in [0.15, 0.2) is 5.82 Å². The van der Waals surface area contributed by atoms with Crippen LogP contribution < -0.4 is 10.6 Å². The topological polar surface area (TPSA) is 108 Å². The molecule has 3 heterocycles. The second-order valence-corrected chi connectivity index (χ2v) is 8.14. The number of rotatable bonds is 7. The molecule has 4 rings (SSSR count). The lowest BCUT2D eigenvalue weighted by atomic mass is 10.1. The van der Waals surface area contributed by atoms with Crippen LogP contribution >= 0.6 is 0 Å². The predicted molar refractivity (Wildman–Crippen MR) is 123 cm³/mol. The number of β-amino-alcohol motifs (C(OH)–C–C–N with tert-alkyl or cyclic N) is 1. The van der Waals surface area contributed by atoms with Crippen molar-refractivity contribution in [1.29, 1.82) is 0 Å². The largest absolute Gasteiger partial charge is 0.390 e. The van der Waals surface area contributed by atoms with Gasteiger partial charge < -0.3 is 15.7 Å². The number of benzene rings is 1. The third kappa shape index (κ3) is 4.84. The van der Waals surface area contributed by atoms with Gasteiger partial charge in [0.05, 0.1) is 11.8 Å². The van der Waals surface area contributed by atoms with Gasteiger partial charge in [-0.15, -0.1) is 0 Å². The van der Waals surface area contributed by atoms with Crippen LogP contribution in [0.15, 0.2) is 43.2 Å². The van der Waals surface area contributed by atoms with Gasteiger partial charge in [0.25, 0.3) is 0 Å². The standard InChI is InChI=1S/C23H27N7O2/c1-5-21(32)25-18-6-14(2)7-19(8-18)26-23-24-9-15(3)22(27-23)30-11-17(16(4)28-30)10-29-12-20(31)13-29/h5-9,11,20,31H,1,10,12-13H2,2-4H3,(H,25,32)(H,24,26,27). The SMILES string of the molecule is C=CC(=O)Nc1cc(C)cc(Nc2ncc(C)c(-n3cc(CN4CC(O)C4)c(C)n3)n2)c1. The van der Waals surface area contributed by atoms with Crippen LogP contribution in [0.2, 0.25) is 0 Å². The minimum Gasteiger partial charge on any atom is -0.390 e. The lowest BCUT2D eigenvalue weighted by molar-refractivity contribution is -0.111. The number of aliphatic hydroxyl groups excluding tert-OH is 1. The summed E-state index contributed by atoms with van der Waals surface area (Å²) in [5, 5.41) is 20.1. The van der Waals surface area contributed by atoms with E-state index in [0.717, 1.165) is 34.6 Å². The number of hydrogen-bond donors (Lipinski definition) is 3. The first kappa shape index (κ1) is 21.7. The molecule has 0 spiro atoms. The fourth-order valence-corrected chi connectivity index (χ4v) is 3.65. The summed E-state index contributed by atoms with van der Waals surface area (Å²) in [6.45, 7) is 11.5. The molecule has 1 aromatic carbocycles. The molecule has 2 aromatic heterocycles. The van der Waals surface area contributed by atoms with Gasteiger partial charge in [-0.1, -0.05) is 6.58 Å². The molecule has 0 aliphatic carbocycles. The Morgan fingerprint density at radius 1 is 1.25 bits per heavy atom. The van der Waals surface area contributed by atoms with Crippen LogP contribution in [0.5, 0.6) is 0 Å². The predicted octanol–water partition coefficient (Wildman–Crippen LogP) is 2.63. The number of carbonyl (C=O) groups excluding carboxylic acids is 1. The highest BCUT2D eigenvalue weighted by Crippen LogP contribution is 2.23. The third-order valence-corrected chi connectivity index (χ3v) is 5.28. The lowest BCUT2D eigenvalue weighted by Crippen LogP contribution is -2.49. The van der Waals surface area contributed by atoms with Crippen LogP contribution in [0.25, 0.3) is 5.82 Å². The van der Waals surface area contributed by atoms with E-state index in [4.69, 9.17) is 0 Å². The molecule has 0 saturated carbocycles. The molecule has 1 aliphatic heterocycles. The molecule has 0 radical (unpaired) electrons. The molecule has 1 amide bonds. The Bertz CT molecular complexity index is 1170. The van der Waals surface area contributed by atoms with Gasteiger partial charge in [0.2, 0.25) is 11.9 Å². The van der Waals surface area contributed by atoms with E-state index in [1.54, 1.807) is 10.9 Å². The van der Waals surface area contributed by atoms with Gasteiger partial charge in [-0.05, 0) is 50.6 Å². The Labute approximate surface area is 186 Å². The summed E-state index contributed by atoms with van der Waals surface area (Å²) in [4.78, 5) is 22.9. The van der Waals surface area contributed by atoms with Crippen LogP contribution in [0.1, 0.15) is 22.4 Å². The van der Waals surface area contributed by atoms with Gasteiger partial charge in [-0.25, -0.2) is 9.67 Å². The number of amides is 1. The number of likely N-dealkylation sites (tertiary alicyclic amines) is 1. The minimum atomic E-state index is -0.270. The van der Waals surface area contributed by atoms with Gasteiger partial charge in [0, 0.05) is 54.5 Å². The summed E-state index contributed by atoms with van der Waals surface area (Å²) in [7, 11) is 0. The normalized spacial score (nSPS) is 14.1. The Hall–Kier alpha value is -3.56. The van der Waals surface area contributed by atoms with E-state index in [1.165, 1.54) is 6.08 Å². The number of carbonyl (C=O) groups is 1. The van der Waals surface area contributed by atoms with Crippen molar-refractivity contribution in [1.82, 2.24) is 24.6 Å². The van der Waals surface area contributed by atoms with Crippen molar-refractivity contribution in [2.75, 3.05) is 23.7 Å². The Morgan fingerprint density at radius 3 is 2.72 bits per heavy atom. The molecule has 3 aromatic rings. The average molecular weight is 434 g/mol. The first-order chi connectivity index (χ1) is 15.3. The highest BCUT2D eigenvalue weighted by molar-refractivity contribution is 5.99. The van der Waals surface area contributed by atoms with Crippen molar-refractivity contribution < 1.29 is 9.90 Å². The van der Waals surface area contributed by atoms with Gasteiger partial charge in [0.1, 0.15) is 0 Å². The number of aryl methyl sites for hydroxylation is 3. The van der Waals surface area contributed by atoms with E-state index in [2.05, 4.69) is 37.2 Å². The summed E-state index contributed by atoms with van der Waals surface area (Å²) in [6.07, 6.45) is 4.74. The van der Waals surface area contributed by atoms with Crippen LogP contribution in [0.4, 0.5) is 17.3 Å². The molecule has 0 bridgehead atoms. The number of aliphatic hydroxyl groups is 1. The zero-order valence-corrected chi connectivity index (χ0v) is 18.5. The zero-order chi connectivity index (χ0) is 22.8. The number of hydrogen-bond acceptors (Lipinski definition) is 7. The third-order valence-electron chi connectivity index (χ3n) is 5.28. The van der Waals surface area contributed by atoms with E-state index in [-0.39, 0.29) is 12.0 Å². The van der Waals surface area contributed by atoms with Crippen molar-refractivity contribution in [3.05, 3.63) is 65.6 Å². The monoisotopic (exact) mass is 433 g/mol. The van der Waals surface area contributed by atoms with Gasteiger partial charge >= 0.3 is 0 Å². The molecular weight excluding hydrogens is 406 g/mol. The van der Waals surface area contributed by atoms with E-state index < -0.39 is 0 Å². The summed E-state index contributed by atoms with van der Waals surface area (Å²) in [5.41, 5.74) is 5.32. The lowest BCUT2D eigenvalue weighted by Gasteiger charge is -2.35. The van der Waals surface area contributed by atoms with Crippen molar-refractivity contribution in [3.8, 4) is 5.82 Å². The van der Waals surface area contributed by atoms with E-state index in [9.17, 15) is 9.90 Å². The first-order valence-corrected chi connectivity index (χ1v) is 10.4. The maximum absolute atomic E-state index is 11.6. The van der Waals surface area contributed by atoms with E-state index in [1.807, 2.05) is 45.2 Å². The van der Waals surface area contributed by atoms with Crippen molar-refractivity contribution in [2.45, 2.75) is 33.4 Å². The Balaban J connectivity index is 1.56. The molecule has 1 aliphatic rings. The Morgan fingerprint density at radius 2 is 2.00 bits per heavy atom. The summed E-state index contributed by atoms with van der Waals surface area (Å²) in [5.74, 6) is 0.846. The van der Waals surface area contributed by atoms with Crippen molar-refractivity contribution >= 4 is 23.2 Å². The molecule has 1 fully saturated rings. The maximum atomic E-state index is 11.6. The van der Waals surface area contributed by atoms with Crippen LogP contribution in [0, 0.1) is 20.8 Å². The maximum Gasteiger partial charge on any atom is 0.247 e. The number of nitrogens with zero attached hydrogens (tertiary/aromatic N) is 5. The molecule has 32 heavy (non-hydrogen) atoms. The summed E-state index contributed by atoms with van der Waals surface area (Å²) in [6, 6.07) is 5.64. The van der Waals surface area contributed by atoms with Gasteiger partial charge in [-0.3, -0.25) is 9.69 Å². The number of anilines is 3. The van der Waals surface area contributed by atoms with Crippen molar-refractivity contribution in [3.63, 3.8) is 0 Å². The smallest absolute Gasteiger partial charge is 0.247 e. The highest BCUT2D eigenvalue weighted by atomic mass is 16.3. The summed E-state index contributed by atoms with van der Waals surface area (Å²) >= 11 is 0. The first-order valence-electron chi connectivity index (χ1n) is 10.4. The molecular formula is C23H27N7O2. The second-order valence-electron chi connectivity index (χ2n) is 8.14.